The van der Waals surface area contributed by atoms with Crippen molar-refractivity contribution in [3.05, 3.63) is 51.0 Å². The van der Waals surface area contributed by atoms with Crippen molar-refractivity contribution in [1.82, 2.24) is 4.98 Å². The zero-order valence-corrected chi connectivity index (χ0v) is 12.1. The Labute approximate surface area is 113 Å². The second-order valence-electron chi connectivity index (χ2n) is 4.80. The molecule has 0 saturated carbocycles. The van der Waals surface area contributed by atoms with E-state index >= 15 is 0 Å². The summed E-state index contributed by atoms with van der Waals surface area (Å²) in [4.78, 5) is 5.92. The van der Waals surface area contributed by atoms with Crippen molar-refractivity contribution in [2.45, 2.75) is 33.1 Å². The number of hydrogen-bond donors (Lipinski definition) is 1. The van der Waals surface area contributed by atoms with Crippen LogP contribution in [0, 0.1) is 20.8 Å². The molecule has 1 unspecified atom stereocenters. The monoisotopic (exact) mass is 260 g/mol. The Bertz CT molecular complexity index is 512. The molecule has 0 radical (unpaired) electrons. The van der Waals surface area contributed by atoms with Gasteiger partial charge in [0.1, 0.15) is 0 Å². The van der Waals surface area contributed by atoms with E-state index in [4.69, 9.17) is 5.73 Å². The molecule has 1 heterocycles. The average Bonchev–Trinajstić information content (AvgIpc) is 2.65. The first-order valence-corrected chi connectivity index (χ1v) is 7.11. The van der Waals surface area contributed by atoms with E-state index in [1.165, 1.54) is 21.0 Å². The number of nitrogens with two attached hydrogens (primary N) is 1. The van der Waals surface area contributed by atoms with Crippen LogP contribution in [0.15, 0.2) is 24.3 Å². The number of thiazole rings is 1. The smallest absolute Gasteiger partial charge is 0.0937 e. The van der Waals surface area contributed by atoms with Gasteiger partial charge in [0.15, 0.2) is 0 Å². The summed E-state index contributed by atoms with van der Waals surface area (Å²) in [6.45, 7) is 6.98. The van der Waals surface area contributed by atoms with Gasteiger partial charge in [-0.3, -0.25) is 0 Å². The molecule has 0 saturated heterocycles. The van der Waals surface area contributed by atoms with Crippen molar-refractivity contribution in [3.63, 3.8) is 0 Å². The number of aromatic nitrogens is 1. The zero-order chi connectivity index (χ0) is 13.1. The molecule has 0 aliphatic heterocycles. The molecule has 0 bridgehead atoms. The molecule has 0 aliphatic carbocycles. The van der Waals surface area contributed by atoms with E-state index in [0.717, 1.165) is 12.1 Å². The van der Waals surface area contributed by atoms with Gasteiger partial charge in [0.2, 0.25) is 0 Å². The average molecular weight is 260 g/mol. The van der Waals surface area contributed by atoms with Crippen LogP contribution in [0.5, 0.6) is 0 Å². The van der Waals surface area contributed by atoms with Gasteiger partial charge in [0.25, 0.3) is 0 Å². The highest BCUT2D eigenvalue weighted by atomic mass is 32.1. The second-order valence-corrected chi connectivity index (χ2v) is 6.09. The zero-order valence-electron chi connectivity index (χ0n) is 11.2. The third-order valence-corrected chi connectivity index (χ3v) is 4.39. The quantitative estimate of drug-likeness (QED) is 0.915. The van der Waals surface area contributed by atoms with Gasteiger partial charge in [-0.15, -0.1) is 11.3 Å². The Balaban J connectivity index is 2.19. The van der Waals surface area contributed by atoms with Gasteiger partial charge in [-0.1, -0.05) is 29.8 Å². The maximum Gasteiger partial charge on any atom is 0.0937 e. The van der Waals surface area contributed by atoms with Crippen LogP contribution in [0.3, 0.4) is 0 Å². The van der Waals surface area contributed by atoms with E-state index in [1.54, 1.807) is 11.3 Å². The van der Waals surface area contributed by atoms with Crippen LogP contribution in [0.4, 0.5) is 0 Å². The Hall–Kier alpha value is -1.19. The van der Waals surface area contributed by atoms with Gasteiger partial charge in [-0.2, -0.15) is 0 Å². The molecule has 0 fully saturated rings. The van der Waals surface area contributed by atoms with Crippen LogP contribution in [0.25, 0.3) is 0 Å². The summed E-state index contributed by atoms with van der Waals surface area (Å²) in [5.41, 5.74) is 9.68. The van der Waals surface area contributed by atoms with Gasteiger partial charge in [-0.25, -0.2) is 4.98 Å². The first kappa shape index (κ1) is 13.2. The van der Waals surface area contributed by atoms with Crippen LogP contribution >= 0.6 is 11.3 Å². The van der Waals surface area contributed by atoms with Crippen molar-refractivity contribution in [2.75, 3.05) is 6.54 Å². The molecule has 2 N–H and O–H groups in total. The molecule has 0 amide bonds. The lowest BCUT2D eigenvalue weighted by molar-refractivity contribution is 0.689. The Morgan fingerprint density at radius 1 is 1.28 bits per heavy atom. The largest absolute Gasteiger partial charge is 0.330 e. The summed E-state index contributed by atoms with van der Waals surface area (Å²) < 4.78 is 0. The number of rotatable bonds is 4. The molecule has 2 aromatic rings. The lowest BCUT2D eigenvalue weighted by Gasteiger charge is -2.14. The molecule has 0 aliphatic rings. The first-order chi connectivity index (χ1) is 8.60. The summed E-state index contributed by atoms with van der Waals surface area (Å²) in [6, 6.07) is 8.61. The van der Waals surface area contributed by atoms with Gasteiger partial charge < -0.3 is 5.73 Å². The minimum atomic E-state index is 0.370. The van der Waals surface area contributed by atoms with E-state index in [9.17, 15) is 0 Å². The SMILES string of the molecule is Cc1cccc(C(CN)Cc2nc(C)c(C)s2)c1. The Morgan fingerprint density at radius 3 is 2.61 bits per heavy atom. The third kappa shape index (κ3) is 2.98. The van der Waals surface area contributed by atoms with E-state index < -0.39 is 0 Å². The normalized spacial score (nSPS) is 12.7. The van der Waals surface area contributed by atoms with Gasteiger partial charge in [0, 0.05) is 17.2 Å². The van der Waals surface area contributed by atoms with Gasteiger partial charge in [-0.05, 0) is 32.9 Å². The summed E-state index contributed by atoms with van der Waals surface area (Å²) >= 11 is 1.79. The second kappa shape index (κ2) is 5.63. The van der Waals surface area contributed by atoms with Gasteiger partial charge >= 0.3 is 0 Å². The molecule has 2 nitrogen and oxygen atoms in total. The molecular weight excluding hydrogens is 240 g/mol. The standard InChI is InChI=1S/C15H20N2S/c1-10-5-4-6-13(7-10)14(9-16)8-15-17-11(2)12(3)18-15/h4-7,14H,8-9,16H2,1-3H3. The van der Waals surface area contributed by atoms with Crippen molar-refractivity contribution in [1.29, 1.82) is 0 Å². The summed E-state index contributed by atoms with van der Waals surface area (Å²) in [5, 5.41) is 1.20. The highest BCUT2D eigenvalue weighted by Crippen LogP contribution is 2.25. The predicted octanol–water partition coefficient (Wildman–Crippen LogP) is 3.35. The number of nitrogens with zero attached hydrogens (tertiary/aromatic N) is 1. The molecule has 1 aromatic heterocycles. The Morgan fingerprint density at radius 2 is 2.06 bits per heavy atom. The molecule has 1 aromatic carbocycles. The topological polar surface area (TPSA) is 38.9 Å². The van der Waals surface area contributed by atoms with E-state index in [0.29, 0.717) is 12.5 Å². The fraction of sp³-hybridized carbons (Fsp3) is 0.400. The highest BCUT2D eigenvalue weighted by Gasteiger charge is 2.14. The highest BCUT2D eigenvalue weighted by molar-refractivity contribution is 7.11. The lowest BCUT2D eigenvalue weighted by atomic mass is 9.95. The van der Waals surface area contributed by atoms with Crippen molar-refractivity contribution in [2.24, 2.45) is 5.73 Å². The maximum atomic E-state index is 5.92. The first-order valence-electron chi connectivity index (χ1n) is 6.29. The minimum absolute atomic E-state index is 0.370. The van der Waals surface area contributed by atoms with Crippen LogP contribution in [-0.4, -0.2) is 11.5 Å². The fourth-order valence-electron chi connectivity index (χ4n) is 2.10. The Kier molecular flexibility index (Phi) is 4.15. The predicted molar refractivity (Wildman–Crippen MR) is 78.3 cm³/mol. The molecule has 1 atom stereocenters. The number of benzene rings is 1. The summed E-state index contributed by atoms with van der Waals surface area (Å²) in [7, 11) is 0. The summed E-state index contributed by atoms with van der Waals surface area (Å²) in [6.07, 6.45) is 0.944. The van der Waals surface area contributed by atoms with Crippen LogP contribution in [0.2, 0.25) is 0 Å². The number of hydrogen-bond acceptors (Lipinski definition) is 3. The van der Waals surface area contributed by atoms with E-state index in [1.807, 2.05) is 0 Å². The fourth-order valence-corrected chi connectivity index (χ4v) is 3.11. The van der Waals surface area contributed by atoms with Crippen LogP contribution in [0.1, 0.15) is 32.6 Å². The molecular formula is C15H20N2S. The molecule has 3 heteroatoms. The third-order valence-electron chi connectivity index (χ3n) is 3.29. The van der Waals surface area contributed by atoms with E-state index in [-0.39, 0.29) is 0 Å². The van der Waals surface area contributed by atoms with Crippen molar-refractivity contribution >= 4 is 11.3 Å². The lowest BCUT2D eigenvalue weighted by Crippen LogP contribution is -2.15. The minimum Gasteiger partial charge on any atom is -0.330 e. The van der Waals surface area contributed by atoms with E-state index in [2.05, 4.69) is 50.0 Å². The van der Waals surface area contributed by atoms with Gasteiger partial charge in [0.05, 0.1) is 10.7 Å². The molecule has 96 valence electrons. The molecule has 2 rings (SSSR count). The number of aryl methyl sites for hydroxylation is 3. The van der Waals surface area contributed by atoms with Crippen molar-refractivity contribution in [3.8, 4) is 0 Å². The van der Waals surface area contributed by atoms with Crippen LogP contribution < -0.4 is 5.73 Å². The summed E-state index contributed by atoms with van der Waals surface area (Å²) in [5.74, 6) is 0.370. The molecule has 0 spiro atoms. The van der Waals surface area contributed by atoms with Crippen molar-refractivity contribution < 1.29 is 0 Å². The maximum absolute atomic E-state index is 5.92. The molecule has 18 heavy (non-hydrogen) atoms. The van der Waals surface area contributed by atoms with Crippen LogP contribution in [-0.2, 0) is 6.42 Å².